The van der Waals surface area contributed by atoms with Gasteiger partial charge in [-0.25, -0.2) is 0 Å². The summed E-state index contributed by atoms with van der Waals surface area (Å²) in [6, 6.07) is 4.38. The Bertz CT molecular complexity index is 266. The Hall–Kier alpha value is -1.67. The van der Waals surface area contributed by atoms with E-state index in [9.17, 15) is 0 Å². The molecule has 0 aliphatic carbocycles. The second-order valence-corrected chi connectivity index (χ2v) is 1.33. The van der Waals surface area contributed by atoms with Gasteiger partial charge in [0.15, 0.2) is 0 Å². The van der Waals surface area contributed by atoms with Gasteiger partial charge in [0, 0.05) is 18.2 Å². The van der Waals surface area contributed by atoms with E-state index in [2.05, 4.69) is 23.0 Å². The summed E-state index contributed by atoms with van der Waals surface area (Å²) in [5.74, 6) is 4.61. The van der Waals surface area contributed by atoms with Gasteiger partial charge < -0.3 is 0 Å². The molecular weight excluding hydrogens is 112 g/mol. The highest BCUT2D eigenvalue weighted by Crippen LogP contribution is 1.76. The van der Waals surface area contributed by atoms with Crippen molar-refractivity contribution in [1.29, 1.82) is 0 Å². The largest absolute Gasteiger partial charge is 0.196 e. The van der Waals surface area contributed by atoms with Gasteiger partial charge in [-0.05, 0) is 12.0 Å². The monoisotopic (exact) mass is 116 g/mol. The molecule has 9 heavy (non-hydrogen) atoms. The Morgan fingerprint density at radius 1 is 1.56 bits per heavy atom. The molecule has 2 nitrogen and oxygen atoms in total. The van der Waals surface area contributed by atoms with E-state index in [4.69, 9.17) is 6.42 Å². The molecule has 0 fully saturated rings. The smallest absolute Gasteiger partial charge is 0.0501 e. The average Bonchev–Trinajstić information content (AvgIpc) is 2.34. The molecule has 1 aromatic rings. The predicted octanol–water partition coefficient (Wildman–Crippen LogP) is 0.325. The number of hydrogen-bond acceptors (Lipinski definition) is 1. The minimum absolute atomic E-state index is 1.46. The molecule has 1 heterocycles. The molecule has 0 bridgehead atoms. The molecule has 1 rings (SSSR count). The summed E-state index contributed by atoms with van der Waals surface area (Å²) < 4.78 is 1.46. The van der Waals surface area contributed by atoms with Gasteiger partial charge in [-0.1, -0.05) is 0 Å². The molecule has 42 valence electrons. The predicted molar refractivity (Wildman–Crippen MR) is 34.2 cm³/mol. The van der Waals surface area contributed by atoms with Crippen molar-refractivity contribution in [1.82, 2.24) is 9.78 Å². The molecule has 0 atom stereocenters. The molecule has 0 amide bonds. The first-order valence-electron chi connectivity index (χ1n) is 2.40. The van der Waals surface area contributed by atoms with Crippen LogP contribution in [0.2, 0.25) is 0 Å². The zero-order valence-corrected chi connectivity index (χ0v) is 4.70. The first-order valence-corrected chi connectivity index (χ1v) is 2.40. The molecule has 0 spiro atoms. The van der Waals surface area contributed by atoms with Gasteiger partial charge in [-0.3, -0.25) is 0 Å². The van der Waals surface area contributed by atoms with Crippen LogP contribution in [0.25, 0.3) is 0 Å². The van der Waals surface area contributed by atoms with Crippen molar-refractivity contribution >= 4 is 0 Å². The van der Waals surface area contributed by atoms with Crippen LogP contribution in [0.5, 0.6) is 0 Å². The molecule has 0 aromatic carbocycles. The lowest BCUT2D eigenvalue weighted by atomic mass is 10.7. The number of aromatic nitrogens is 2. The highest BCUT2D eigenvalue weighted by molar-refractivity contribution is 5.21. The molecule has 0 radical (unpaired) electrons. The lowest BCUT2D eigenvalue weighted by Crippen LogP contribution is -1.85. The summed E-state index contributed by atoms with van der Waals surface area (Å²) in [6.07, 6.45) is 8.25. The summed E-state index contributed by atoms with van der Waals surface area (Å²) in [7, 11) is 0. The third-order valence-corrected chi connectivity index (χ3v) is 0.747. The molecule has 0 saturated heterocycles. The molecule has 0 unspecified atom stereocenters. The summed E-state index contributed by atoms with van der Waals surface area (Å²) in [5.41, 5.74) is 0. The van der Waals surface area contributed by atoms with E-state index in [0.717, 1.165) is 0 Å². The fourth-order valence-electron chi connectivity index (χ4n) is 0.425. The van der Waals surface area contributed by atoms with Gasteiger partial charge in [0.25, 0.3) is 0 Å². The number of terminal acetylenes is 1. The lowest BCUT2D eigenvalue weighted by molar-refractivity contribution is 0.917. The van der Waals surface area contributed by atoms with Gasteiger partial charge in [0.05, 0.1) is 6.20 Å². The summed E-state index contributed by atoms with van der Waals surface area (Å²) >= 11 is 0. The fourth-order valence-corrected chi connectivity index (χ4v) is 0.425. The van der Waals surface area contributed by atoms with Crippen LogP contribution in [-0.4, -0.2) is 9.78 Å². The first-order chi connectivity index (χ1) is 4.43. The van der Waals surface area contributed by atoms with Crippen LogP contribution in [-0.2, 0) is 0 Å². The van der Waals surface area contributed by atoms with Crippen LogP contribution in [0.4, 0.5) is 0 Å². The second-order valence-electron chi connectivity index (χ2n) is 1.33. The van der Waals surface area contributed by atoms with E-state index in [-0.39, 0.29) is 0 Å². The molecule has 1 aromatic heterocycles. The van der Waals surface area contributed by atoms with Crippen LogP contribution in [0, 0.1) is 24.3 Å². The lowest BCUT2D eigenvalue weighted by Gasteiger charge is -1.77. The van der Waals surface area contributed by atoms with Gasteiger partial charge in [0.2, 0.25) is 0 Å². The average molecular weight is 116 g/mol. The van der Waals surface area contributed by atoms with Crippen molar-refractivity contribution in [3.05, 3.63) is 18.5 Å². The van der Waals surface area contributed by atoms with Crippen molar-refractivity contribution in [3.8, 4) is 24.3 Å². The maximum Gasteiger partial charge on any atom is 0.0501 e. The Kier molecular flexibility index (Phi) is 1.57. The summed E-state index contributed by atoms with van der Waals surface area (Å²) in [6.45, 7) is 0. The number of hydrogen-bond donors (Lipinski definition) is 0. The van der Waals surface area contributed by atoms with Crippen molar-refractivity contribution in [2.24, 2.45) is 0 Å². The van der Waals surface area contributed by atoms with E-state index >= 15 is 0 Å². The Labute approximate surface area is 53.5 Å². The van der Waals surface area contributed by atoms with Crippen molar-refractivity contribution in [2.75, 3.05) is 0 Å². The zero-order valence-electron chi connectivity index (χ0n) is 4.70. The SMILES string of the molecule is C#CC#Cn1cccn1. The molecule has 0 aliphatic rings. The van der Waals surface area contributed by atoms with Crippen molar-refractivity contribution in [2.45, 2.75) is 0 Å². The standard InChI is InChI=1S/C7H4N2/c1-2-3-6-9-7-4-5-8-9/h1,4-5,7H. The molecule has 0 saturated carbocycles. The van der Waals surface area contributed by atoms with Gasteiger partial charge in [-0.2, -0.15) is 9.78 Å². The molecule has 0 N–H and O–H groups in total. The topological polar surface area (TPSA) is 17.8 Å². The molecule has 2 heteroatoms. The summed E-state index contributed by atoms with van der Waals surface area (Å²) in [4.78, 5) is 0. The highest BCUT2D eigenvalue weighted by atomic mass is 15.2. The molecule has 0 aliphatic heterocycles. The highest BCUT2D eigenvalue weighted by Gasteiger charge is 1.75. The van der Waals surface area contributed by atoms with E-state index in [1.807, 2.05) is 0 Å². The third-order valence-electron chi connectivity index (χ3n) is 0.747. The van der Waals surface area contributed by atoms with Crippen LogP contribution >= 0.6 is 0 Å². The van der Waals surface area contributed by atoms with Crippen LogP contribution in [0.3, 0.4) is 0 Å². The van der Waals surface area contributed by atoms with Crippen molar-refractivity contribution in [3.63, 3.8) is 0 Å². The third kappa shape index (κ3) is 1.36. The van der Waals surface area contributed by atoms with Crippen LogP contribution in [0.1, 0.15) is 0 Å². The zero-order chi connectivity index (χ0) is 6.53. The van der Waals surface area contributed by atoms with Gasteiger partial charge >= 0.3 is 0 Å². The Balaban J connectivity index is 2.82. The minimum Gasteiger partial charge on any atom is -0.196 e. The second kappa shape index (κ2) is 2.59. The number of rotatable bonds is 0. The van der Waals surface area contributed by atoms with E-state index in [0.29, 0.717) is 0 Å². The molecular formula is C7H4N2. The minimum atomic E-state index is 1.46. The maximum atomic E-state index is 4.88. The first kappa shape index (κ1) is 5.47. The quantitative estimate of drug-likeness (QED) is 0.446. The summed E-state index contributed by atoms with van der Waals surface area (Å²) in [5, 5.41) is 3.80. The maximum absolute atomic E-state index is 4.88. The normalized spacial score (nSPS) is 7.00. The van der Waals surface area contributed by atoms with Crippen molar-refractivity contribution < 1.29 is 0 Å². The van der Waals surface area contributed by atoms with E-state index in [1.54, 1.807) is 18.5 Å². The van der Waals surface area contributed by atoms with E-state index < -0.39 is 0 Å². The fraction of sp³-hybridized carbons (Fsp3) is 0. The van der Waals surface area contributed by atoms with Gasteiger partial charge in [-0.15, -0.1) is 6.42 Å². The number of nitrogens with zero attached hydrogens (tertiary/aromatic N) is 2. The van der Waals surface area contributed by atoms with Gasteiger partial charge in [0.1, 0.15) is 0 Å². The van der Waals surface area contributed by atoms with Crippen LogP contribution < -0.4 is 0 Å². The van der Waals surface area contributed by atoms with Crippen LogP contribution in [0.15, 0.2) is 18.5 Å². The Morgan fingerprint density at radius 2 is 2.44 bits per heavy atom. The Morgan fingerprint density at radius 3 is 3.00 bits per heavy atom. The van der Waals surface area contributed by atoms with E-state index in [1.165, 1.54) is 4.68 Å².